The van der Waals surface area contributed by atoms with Gasteiger partial charge in [0, 0.05) is 39.5 Å². The topological polar surface area (TPSA) is 54.0 Å². The van der Waals surface area contributed by atoms with Gasteiger partial charge in [0.1, 0.15) is 28.8 Å². The summed E-state index contributed by atoms with van der Waals surface area (Å²) in [6.45, 7) is 11.1. The van der Waals surface area contributed by atoms with Gasteiger partial charge in [-0.3, -0.25) is 0 Å². The zero-order valence-corrected chi connectivity index (χ0v) is 28.1. The molecule has 0 saturated carbocycles. The number of carbonyl (C=O) groups is 1. The minimum Gasteiger partial charge on any atom is -0.497 e. The van der Waals surface area contributed by atoms with Crippen LogP contribution in [-0.4, -0.2) is 19.7 Å². The highest BCUT2D eigenvalue weighted by Crippen LogP contribution is 2.59. The fourth-order valence-corrected chi connectivity index (χ4v) is 7.84. The van der Waals surface area contributed by atoms with Gasteiger partial charge in [-0.2, -0.15) is 0 Å². The van der Waals surface area contributed by atoms with Crippen LogP contribution < -0.4 is 14.2 Å². The molecule has 5 nitrogen and oxygen atoms in total. The van der Waals surface area contributed by atoms with E-state index < -0.39 is 11.0 Å². The Morgan fingerprint density at radius 1 is 0.878 bits per heavy atom. The summed E-state index contributed by atoms with van der Waals surface area (Å²) in [6, 6.07) is 24.6. The summed E-state index contributed by atoms with van der Waals surface area (Å²) in [5, 5.41) is 1.79. The molecule has 0 bridgehead atoms. The second-order valence-electron chi connectivity index (χ2n) is 13.6. The molecule has 246 valence electrons. The smallest absolute Gasteiger partial charge is 0.344 e. The molecule has 0 radical (unpaired) electrons. The third-order valence-electron chi connectivity index (χ3n) is 10.2. The van der Waals surface area contributed by atoms with E-state index in [2.05, 4.69) is 51.6 Å². The lowest BCUT2D eigenvalue weighted by Crippen LogP contribution is -2.35. The molecule has 6 heteroatoms. The highest BCUT2D eigenvalue weighted by atomic mass is 19.1. The molecule has 1 atom stereocenters. The molecule has 0 aromatic heterocycles. The van der Waals surface area contributed by atoms with Crippen molar-refractivity contribution in [2.45, 2.75) is 51.0 Å². The summed E-state index contributed by atoms with van der Waals surface area (Å²) in [5.41, 5.74) is 6.55. The van der Waals surface area contributed by atoms with Crippen molar-refractivity contribution in [2.24, 2.45) is 0 Å². The Kier molecular flexibility index (Phi) is 7.18. The van der Waals surface area contributed by atoms with E-state index in [1.807, 2.05) is 42.5 Å². The first-order valence-electron chi connectivity index (χ1n) is 16.8. The van der Waals surface area contributed by atoms with E-state index in [0.29, 0.717) is 35.8 Å². The number of fused-ring (bicyclic) bond motifs is 10. The van der Waals surface area contributed by atoms with E-state index in [9.17, 15) is 9.18 Å². The average molecular weight is 653 g/mol. The quantitative estimate of drug-likeness (QED) is 0.129. The van der Waals surface area contributed by atoms with E-state index in [1.54, 1.807) is 19.2 Å². The maximum Gasteiger partial charge on any atom is 0.344 e. The first-order valence-corrected chi connectivity index (χ1v) is 16.8. The SMILES string of the molecule is C=C1Cc2ccc3c(c2C(=O)O1)-c1c(c2c(c4cc(OC)ccc14)OC(c1ccc(F)cc1)(c1ccc(OCCCC)cc1)C=C2)C3(C)C. The predicted molar refractivity (Wildman–Crippen MR) is 190 cm³/mol. The average Bonchev–Trinajstić information content (AvgIpc) is 3.34. The monoisotopic (exact) mass is 652 g/mol. The van der Waals surface area contributed by atoms with Gasteiger partial charge in [0.05, 0.1) is 19.3 Å². The van der Waals surface area contributed by atoms with Gasteiger partial charge < -0.3 is 18.9 Å². The molecule has 2 aliphatic heterocycles. The van der Waals surface area contributed by atoms with Crippen LogP contribution in [0.1, 0.15) is 77.4 Å². The van der Waals surface area contributed by atoms with Crippen molar-refractivity contribution in [3.8, 4) is 28.4 Å². The van der Waals surface area contributed by atoms with E-state index >= 15 is 0 Å². The zero-order valence-electron chi connectivity index (χ0n) is 28.1. The van der Waals surface area contributed by atoms with Gasteiger partial charge in [-0.25, -0.2) is 9.18 Å². The lowest BCUT2D eigenvalue weighted by molar-refractivity contribution is 0.0601. The van der Waals surface area contributed by atoms with Crippen LogP contribution in [0.5, 0.6) is 17.2 Å². The number of rotatable bonds is 7. The Labute approximate surface area is 285 Å². The van der Waals surface area contributed by atoms with Crippen LogP contribution in [0.25, 0.3) is 28.0 Å². The van der Waals surface area contributed by atoms with Crippen LogP contribution in [0.2, 0.25) is 0 Å². The summed E-state index contributed by atoms with van der Waals surface area (Å²) < 4.78 is 39.0. The van der Waals surface area contributed by atoms with Gasteiger partial charge in [0.25, 0.3) is 0 Å². The van der Waals surface area contributed by atoms with Gasteiger partial charge in [-0.05, 0) is 82.6 Å². The highest BCUT2D eigenvalue weighted by molar-refractivity contribution is 6.13. The Morgan fingerprint density at radius 3 is 2.31 bits per heavy atom. The second-order valence-corrected chi connectivity index (χ2v) is 13.6. The maximum atomic E-state index is 14.3. The Morgan fingerprint density at radius 2 is 1.59 bits per heavy atom. The molecule has 0 spiro atoms. The van der Waals surface area contributed by atoms with Gasteiger partial charge in [0.15, 0.2) is 5.60 Å². The van der Waals surface area contributed by atoms with Crippen molar-refractivity contribution in [3.63, 3.8) is 0 Å². The Hall–Kier alpha value is -5.36. The number of cyclic esters (lactones) is 1. The molecule has 1 unspecified atom stereocenters. The van der Waals surface area contributed by atoms with Crippen LogP contribution in [0.15, 0.2) is 97.3 Å². The van der Waals surface area contributed by atoms with Gasteiger partial charge in [-0.1, -0.05) is 76.2 Å². The zero-order chi connectivity index (χ0) is 34.1. The van der Waals surface area contributed by atoms with E-state index in [-0.39, 0.29) is 11.8 Å². The van der Waals surface area contributed by atoms with Crippen LogP contribution in [0.4, 0.5) is 4.39 Å². The van der Waals surface area contributed by atoms with Crippen molar-refractivity contribution < 1.29 is 28.1 Å². The van der Waals surface area contributed by atoms with Crippen LogP contribution in [0.3, 0.4) is 0 Å². The normalized spacial score (nSPS) is 18.2. The van der Waals surface area contributed by atoms with E-state index in [1.165, 1.54) is 12.1 Å². The van der Waals surface area contributed by atoms with E-state index in [4.69, 9.17) is 18.9 Å². The number of unbranched alkanes of at least 4 members (excludes halogenated alkanes) is 1. The number of methoxy groups -OCH3 is 1. The fraction of sp³-hybridized carbons (Fsp3) is 0.233. The van der Waals surface area contributed by atoms with Crippen molar-refractivity contribution in [1.29, 1.82) is 0 Å². The summed E-state index contributed by atoms with van der Waals surface area (Å²) >= 11 is 0. The molecule has 2 heterocycles. The number of carbonyl (C=O) groups excluding carboxylic acids is 1. The number of hydrogen-bond acceptors (Lipinski definition) is 5. The van der Waals surface area contributed by atoms with Gasteiger partial charge in [0.2, 0.25) is 0 Å². The fourth-order valence-electron chi connectivity index (χ4n) is 7.84. The lowest BCUT2D eigenvalue weighted by Gasteiger charge is -2.38. The molecule has 0 fully saturated rings. The van der Waals surface area contributed by atoms with Crippen molar-refractivity contribution >= 4 is 22.8 Å². The number of allylic oxidation sites excluding steroid dienone is 1. The Bertz CT molecular complexity index is 2210. The summed E-state index contributed by atoms with van der Waals surface area (Å²) in [4.78, 5) is 13.5. The molecule has 5 aromatic rings. The van der Waals surface area contributed by atoms with Crippen LogP contribution in [0, 0.1) is 5.82 Å². The third kappa shape index (κ3) is 4.68. The van der Waals surface area contributed by atoms with Gasteiger partial charge in [-0.15, -0.1) is 0 Å². The van der Waals surface area contributed by atoms with E-state index in [0.717, 1.165) is 73.9 Å². The molecule has 5 aromatic carbocycles. The molecular formula is C43H37FO5. The van der Waals surface area contributed by atoms with Crippen molar-refractivity contribution in [1.82, 2.24) is 0 Å². The molecular weight excluding hydrogens is 615 g/mol. The second kappa shape index (κ2) is 11.4. The Balaban J connectivity index is 1.39. The number of esters is 1. The summed E-state index contributed by atoms with van der Waals surface area (Å²) in [6.07, 6.45) is 6.70. The first kappa shape index (κ1) is 30.9. The third-order valence-corrected chi connectivity index (χ3v) is 10.2. The summed E-state index contributed by atoms with van der Waals surface area (Å²) in [5.74, 6) is 1.89. The maximum absolute atomic E-state index is 14.3. The van der Waals surface area contributed by atoms with Crippen LogP contribution in [-0.2, 0) is 22.2 Å². The molecule has 0 N–H and O–H groups in total. The number of benzene rings is 5. The minimum atomic E-state index is -1.08. The standard InChI is InChI=1S/C43H37FO5/c1-6-7-22-47-30-15-11-28(12-16-30)43(27-9-13-29(44)14-10-27)21-20-33-39-37(32-18-17-31(46-5)24-34(32)40(33)49-43)38-35(42(39,3)4)19-8-26-23-25(2)48-41(45)36(26)38/h8-21,24H,2,6-7,22-23H2,1,3-5H3. The summed E-state index contributed by atoms with van der Waals surface area (Å²) in [7, 11) is 1.65. The minimum absolute atomic E-state index is 0.322. The van der Waals surface area contributed by atoms with Crippen LogP contribution >= 0.6 is 0 Å². The molecule has 1 aliphatic carbocycles. The number of ether oxygens (including phenoxy) is 4. The molecule has 49 heavy (non-hydrogen) atoms. The van der Waals surface area contributed by atoms with Crippen molar-refractivity contribution in [2.75, 3.05) is 13.7 Å². The molecule has 0 saturated heterocycles. The lowest BCUT2D eigenvalue weighted by atomic mass is 9.76. The predicted octanol–water partition coefficient (Wildman–Crippen LogP) is 10.0. The molecule has 0 amide bonds. The molecule has 8 rings (SSSR count). The molecule has 3 aliphatic rings. The first-order chi connectivity index (χ1) is 23.7. The number of hydrogen-bond donors (Lipinski definition) is 0. The van der Waals surface area contributed by atoms with Gasteiger partial charge >= 0.3 is 5.97 Å². The largest absolute Gasteiger partial charge is 0.497 e. The van der Waals surface area contributed by atoms with Crippen molar-refractivity contribution in [3.05, 3.63) is 142 Å². The highest BCUT2D eigenvalue weighted by Gasteiger charge is 2.46. The number of halogens is 1.